The molecule has 230 valence electrons. The lowest BCUT2D eigenvalue weighted by Gasteiger charge is -2.22. The van der Waals surface area contributed by atoms with E-state index in [1.807, 2.05) is 0 Å². The normalized spacial score (nSPS) is 11.7. The van der Waals surface area contributed by atoms with E-state index in [4.69, 9.17) is 5.11 Å². The van der Waals surface area contributed by atoms with Crippen molar-refractivity contribution >= 4 is 23.3 Å². The van der Waals surface area contributed by atoms with Crippen LogP contribution >= 0.6 is 0 Å². The largest absolute Gasteiger partial charge is 0.573 e. The van der Waals surface area contributed by atoms with E-state index >= 15 is 0 Å². The summed E-state index contributed by atoms with van der Waals surface area (Å²) in [6.07, 6.45) is -4.80. The highest BCUT2D eigenvalue weighted by Crippen LogP contribution is 2.24. The molecule has 0 spiro atoms. The highest BCUT2D eigenvalue weighted by Gasteiger charge is 2.31. The summed E-state index contributed by atoms with van der Waals surface area (Å²) in [6.45, 7) is 2.31. The van der Waals surface area contributed by atoms with Gasteiger partial charge >= 0.3 is 12.3 Å². The molecule has 0 atom stereocenters. The molecule has 1 amide bonds. The molecular weight excluding hydrogens is 582 g/mol. The SMILES string of the molecule is CC/C(=N\N(CCNc1ccc(OC(F)(F)F)cc1)Cc1ccc(C(=O)NCCC(=O)O)cc1)c1cc(F)c(F)c(F)c1. The summed E-state index contributed by atoms with van der Waals surface area (Å²) in [4.78, 5) is 22.9. The van der Waals surface area contributed by atoms with E-state index in [1.54, 1.807) is 36.2 Å². The Morgan fingerprint density at radius 2 is 1.56 bits per heavy atom. The molecule has 8 nitrogen and oxygen atoms in total. The van der Waals surface area contributed by atoms with E-state index in [2.05, 4.69) is 20.5 Å². The van der Waals surface area contributed by atoms with Gasteiger partial charge in [-0.1, -0.05) is 19.1 Å². The van der Waals surface area contributed by atoms with Crippen molar-refractivity contribution in [2.75, 3.05) is 25.0 Å². The highest BCUT2D eigenvalue weighted by molar-refractivity contribution is 6.00. The van der Waals surface area contributed by atoms with Gasteiger partial charge in [-0.3, -0.25) is 14.6 Å². The van der Waals surface area contributed by atoms with Crippen LogP contribution in [0.2, 0.25) is 0 Å². The Morgan fingerprint density at radius 3 is 2.12 bits per heavy atom. The maximum atomic E-state index is 13.9. The number of carboxylic acids is 1. The predicted octanol–water partition coefficient (Wildman–Crippen LogP) is 5.94. The average Bonchev–Trinajstić information content (AvgIpc) is 2.94. The molecule has 0 aliphatic heterocycles. The van der Waals surface area contributed by atoms with E-state index in [1.165, 1.54) is 12.1 Å². The van der Waals surface area contributed by atoms with Gasteiger partial charge in [0.15, 0.2) is 17.5 Å². The van der Waals surface area contributed by atoms with Crippen LogP contribution in [0.15, 0.2) is 65.8 Å². The number of carboxylic acid groups (broad SMARTS) is 1. The van der Waals surface area contributed by atoms with Crippen LogP contribution in [0, 0.1) is 17.5 Å². The molecule has 0 aliphatic carbocycles. The van der Waals surface area contributed by atoms with Crippen molar-refractivity contribution in [3.8, 4) is 5.75 Å². The molecule has 0 fully saturated rings. The van der Waals surface area contributed by atoms with E-state index in [0.29, 0.717) is 16.8 Å². The molecule has 0 aromatic heterocycles. The van der Waals surface area contributed by atoms with Crippen LogP contribution in [0.5, 0.6) is 5.75 Å². The lowest BCUT2D eigenvalue weighted by molar-refractivity contribution is -0.274. The number of rotatable bonds is 14. The van der Waals surface area contributed by atoms with Gasteiger partial charge in [-0.2, -0.15) is 5.10 Å². The first kappa shape index (κ1) is 32.8. The molecule has 3 aromatic rings. The zero-order valence-electron chi connectivity index (χ0n) is 22.9. The number of benzene rings is 3. The molecule has 0 unspecified atom stereocenters. The maximum absolute atomic E-state index is 13.9. The zero-order valence-corrected chi connectivity index (χ0v) is 22.9. The van der Waals surface area contributed by atoms with E-state index in [0.717, 1.165) is 24.3 Å². The predicted molar refractivity (Wildman–Crippen MR) is 146 cm³/mol. The molecule has 0 saturated heterocycles. The van der Waals surface area contributed by atoms with Crippen LogP contribution in [-0.2, 0) is 11.3 Å². The van der Waals surface area contributed by atoms with Crippen molar-refractivity contribution in [1.82, 2.24) is 10.3 Å². The number of amides is 1. The van der Waals surface area contributed by atoms with Crippen LogP contribution in [0.4, 0.5) is 32.0 Å². The number of anilines is 1. The number of nitrogens with one attached hydrogen (secondary N) is 2. The quantitative estimate of drug-likeness (QED) is 0.0905. The first-order chi connectivity index (χ1) is 20.3. The Labute approximate surface area is 243 Å². The van der Waals surface area contributed by atoms with Crippen molar-refractivity contribution in [2.24, 2.45) is 5.10 Å². The monoisotopic (exact) mass is 610 g/mol. The van der Waals surface area contributed by atoms with E-state index in [9.17, 15) is 35.9 Å². The smallest absolute Gasteiger partial charge is 0.481 e. The van der Waals surface area contributed by atoms with Gasteiger partial charge in [0, 0.05) is 29.9 Å². The van der Waals surface area contributed by atoms with E-state index in [-0.39, 0.29) is 56.0 Å². The Hall–Kier alpha value is -4.75. The number of hydrazone groups is 1. The lowest BCUT2D eigenvalue weighted by Crippen LogP contribution is -2.27. The highest BCUT2D eigenvalue weighted by atomic mass is 19.4. The molecule has 0 aliphatic rings. The summed E-state index contributed by atoms with van der Waals surface area (Å²) in [5, 5.41) is 20.4. The molecule has 0 saturated carbocycles. The Bertz CT molecular complexity index is 1410. The number of hydrogen-bond acceptors (Lipinski definition) is 6. The van der Waals surface area contributed by atoms with Gasteiger partial charge in [-0.25, -0.2) is 13.2 Å². The fraction of sp³-hybridized carbons (Fsp3) is 0.276. The van der Waals surface area contributed by atoms with E-state index < -0.39 is 35.7 Å². The van der Waals surface area contributed by atoms with Crippen molar-refractivity contribution in [1.29, 1.82) is 0 Å². The van der Waals surface area contributed by atoms with Gasteiger partial charge in [0.05, 0.1) is 25.2 Å². The molecule has 0 bridgehead atoms. The molecule has 3 aromatic carbocycles. The van der Waals surface area contributed by atoms with Gasteiger partial charge in [0.25, 0.3) is 5.91 Å². The van der Waals surface area contributed by atoms with Crippen molar-refractivity contribution in [2.45, 2.75) is 32.7 Å². The first-order valence-corrected chi connectivity index (χ1v) is 13.0. The number of aliphatic carboxylic acids is 1. The Kier molecular flexibility index (Phi) is 11.4. The van der Waals surface area contributed by atoms with Gasteiger partial charge in [-0.05, 0) is 60.5 Å². The first-order valence-electron chi connectivity index (χ1n) is 13.0. The minimum absolute atomic E-state index is 0.0339. The minimum Gasteiger partial charge on any atom is -0.481 e. The van der Waals surface area contributed by atoms with Gasteiger partial charge in [0.2, 0.25) is 0 Å². The fourth-order valence-electron chi connectivity index (χ4n) is 3.85. The molecule has 3 N–H and O–H groups in total. The van der Waals surface area contributed by atoms with Crippen molar-refractivity contribution in [3.05, 3.63) is 94.8 Å². The number of carbonyl (C=O) groups excluding carboxylic acids is 1. The number of alkyl halides is 3. The summed E-state index contributed by atoms with van der Waals surface area (Å²) in [7, 11) is 0. The minimum atomic E-state index is -4.82. The topological polar surface area (TPSA) is 103 Å². The third-order valence-corrected chi connectivity index (χ3v) is 5.91. The summed E-state index contributed by atoms with van der Waals surface area (Å²) in [5.41, 5.74) is 1.81. The van der Waals surface area contributed by atoms with Crippen LogP contribution < -0.4 is 15.4 Å². The number of nitrogens with zero attached hydrogens (tertiary/aromatic N) is 2. The Balaban J connectivity index is 1.77. The van der Waals surface area contributed by atoms with Crippen molar-refractivity contribution in [3.63, 3.8) is 0 Å². The second kappa shape index (κ2) is 14.9. The Morgan fingerprint density at radius 1 is 0.930 bits per heavy atom. The molecular formula is C29H28F6N4O4. The second-order valence-electron chi connectivity index (χ2n) is 9.14. The van der Waals surface area contributed by atoms with Crippen LogP contribution in [0.1, 0.15) is 41.3 Å². The maximum Gasteiger partial charge on any atom is 0.573 e. The van der Waals surface area contributed by atoms with Crippen molar-refractivity contribution < 1.29 is 45.8 Å². The average molecular weight is 611 g/mol. The fourth-order valence-corrected chi connectivity index (χ4v) is 3.85. The summed E-state index contributed by atoms with van der Waals surface area (Å²) in [6, 6.07) is 13.2. The molecule has 14 heteroatoms. The number of carbonyl (C=O) groups is 2. The second-order valence-corrected chi connectivity index (χ2v) is 9.14. The van der Waals surface area contributed by atoms with Gasteiger partial charge in [-0.15, -0.1) is 13.2 Å². The summed E-state index contributed by atoms with van der Waals surface area (Å²) < 4.78 is 82.5. The molecule has 0 radical (unpaired) electrons. The number of hydrogen-bond donors (Lipinski definition) is 3. The molecule has 3 rings (SSSR count). The molecule has 0 heterocycles. The third kappa shape index (κ3) is 10.5. The number of ether oxygens (including phenoxy) is 1. The van der Waals surface area contributed by atoms with Gasteiger partial charge < -0.3 is 20.5 Å². The number of halogens is 6. The third-order valence-electron chi connectivity index (χ3n) is 5.91. The zero-order chi connectivity index (χ0) is 31.6. The van der Waals surface area contributed by atoms with Crippen LogP contribution in [0.3, 0.4) is 0 Å². The van der Waals surface area contributed by atoms with Gasteiger partial charge in [0.1, 0.15) is 5.75 Å². The molecule has 43 heavy (non-hydrogen) atoms. The standard InChI is InChI=1S/C29H28F6N4O4/c1-2-25(20-15-23(30)27(32)24(31)16-20)38-39(14-13-36-21-7-9-22(10-8-21)43-29(33,34)35)17-18-3-5-19(6-4-18)28(42)37-12-11-26(40)41/h3-10,15-16,36H,2,11-14,17H2,1H3,(H,37,42)(H,40,41)/b38-25+. The summed E-state index contributed by atoms with van der Waals surface area (Å²) >= 11 is 0. The lowest BCUT2D eigenvalue weighted by atomic mass is 10.1. The summed E-state index contributed by atoms with van der Waals surface area (Å²) in [5.74, 6) is -6.20. The van der Waals surface area contributed by atoms with Crippen LogP contribution in [0.25, 0.3) is 0 Å². The van der Waals surface area contributed by atoms with Crippen LogP contribution in [-0.4, -0.2) is 53.7 Å².